The standard InChI is InChI=1S/C23H23ClF2N2O4S/c1-2-33(31,32)16-5-3-4-14(8-16)23(30)28-20-7-6-13(20)10-21(28)22(29)27-12-15-9-19(26)17(24)11-18(15)25/h3-5,8-9,11,13,20-21H,2,6-7,10,12H2,1H3,(H,27,29)/t13-,20-,21-/m1/s1. The molecule has 2 aliphatic rings. The number of nitrogens with zero attached hydrogens (tertiary/aromatic N) is 1. The van der Waals surface area contributed by atoms with Crippen LogP contribution in [-0.4, -0.2) is 43.0 Å². The van der Waals surface area contributed by atoms with Gasteiger partial charge in [-0.15, -0.1) is 0 Å². The van der Waals surface area contributed by atoms with Crippen LogP contribution < -0.4 is 5.32 Å². The highest BCUT2D eigenvalue weighted by Crippen LogP contribution is 2.44. The van der Waals surface area contributed by atoms with Crippen molar-refractivity contribution in [3.8, 4) is 0 Å². The molecule has 1 aliphatic carbocycles. The molecule has 2 amide bonds. The van der Waals surface area contributed by atoms with E-state index >= 15 is 0 Å². The Balaban J connectivity index is 1.54. The van der Waals surface area contributed by atoms with Crippen LogP contribution in [0.5, 0.6) is 0 Å². The van der Waals surface area contributed by atoms with E-state index < -0.39 is 39.3 Å². The number of rotatable bonds is 6. The highest BCUT2D eigenvalue weighted by atomic mass is 35.5. The second kappa shape index (κ2) is 9.02. The van der Waals surface area contributed by atoms with Crippen LogP contribution in [0.4, 0.5) is 8.78 Å². The quantitative estimate of drug-likeness (QED) is 0.618. The summed E-state index contributed by atoms with van der Waals surface area (Å²) in [6.45, 7) is 1.27. The van der Waals surface area contributed by atoms with Gasteiger partial charge in [-0.3, -0.25) is 9.59 Å². The van der Waals surface area contributed by atoms with Crippen LogP contribution in [0.1, 0.15) is 42.1 Å². The summed E-state index contributed by atoms with van der Waals surface area (Å²) in [7, 11) is -3.49. The monoisotopic (exact) mass is 496 g/mol. The van der Waals surface area contributed by atoms with E-state index in [9.17, 15) is 26.8 Å². The largest absolute Gasteiger partial charge is 0.350 e. The Morgan fingerprint density at radius 1 is 1.15 bits per heavy atom. The molecule has 0 bridgehead atoms. The lowest BCUT2D eigenvalue weighted by Gasteiger charge is -2.37. The fraction of sp³-hybridized carbons (Fsp3) is 0.391. The van der Waals surface area contributed by atoms with Crippen molar-refractivity contribution >= 4 is 33.3 Å². The maximum Gasteiger partial charge on any atom is 0.254 e. The first kappa shape index (κ1) is 23.6. The Kier molecular flexibility index (Phi) is 6.46. The van der Waals surface area contributed by atoms with Gasteiger partial charge >= 0.3 is 0 Å². The van der Waals surface area contributed by atoms with E-state index in [4.69, 9.17) is 11.6 Å². The summed E-state index contributed by atoms with van der Waals surface area (Å²) in [5.41, 5.74) is 0.141. The molecule has 2 aromatic rings. The molecule has 33 heavy (non-hydrogen) atoms. The highest BCUT2D eigenvalue weighted by molar-refractivity contribution is 7.91. The van der Waals surface area contributed by atoms with E-state index in [1.807, 2.05) is 0 Å². The third-order valence-electron chi connectivity index (χ3n) is 6.50. The molecule has 1 aliphatic heterocycles. The Morgan fingerprint density at radius 2 is 1.91 bits per heavy atom. The maximum atomic E-state index is 14.1. The van der Waals surface area contributed by atoms with Crippen molar-refractivity contribution in [1.82, 2.24) is 10.2 Å². The Labute approximate surface area is 195 Å². The number of carbonyl (C=O) groups excluding carboxylic acids is 2. The van der Waals surface area contributed by atoms with Crippen LogP contribution >= 0.6 is 11.6 Å². The maximum absolute atomic E-state index is 14.1. The summed E-state index contributed by atoms with van der Waals surface area (Å²) in [4.78, 5) is 27.9. The van der Waals surface area contributed by atoms with Crippen LogP contribution in [0.2, 0.25) is 5.02 Å². The van der Waals surface area contributed by atoms with Crippen LogP contribution in [0.15, 0.2) is 41.3 Å². The number of fused-ring (bicyclic) bond motifs is 1. The number of halogens is 3. The number of sulfone groups is 1. The summed E-state index contributed by atoms with van der Waals surface area (Å²) in [6, 6.07) is 6.72. The summed E-state index contributed by atoms with van der Waals surface area (Å²) in [5, 5.41) is 2.25. The third kappa shape index (κ3) is 4.48. The van der Waals surface area contributed by atoms with Gasteiger partial charge in [0.1, 0.15) is 17.7 Å². The number of amides is 2. The Bertz CT molecular complexity index is 1220. The van der Waals surface area contributed by atoms with E-state index in [2.05, 4.69) is 5.32 Å². The molecule has 0 aromatic heterocycles. The van der Waals surface area contributed by atoms with Crippen molar-refractivity contribution in [3.05, 3.63) is 64.2 Å². The van der Waals surface area contributed by atoms with Crippen molar-refractivity contribution in [3.63, 3.8) is 0 Å². The zero-order chi connectivity index (χ0) is 23.9. The SMILES string of the molecule is CCS(=O)(=O)c1cccc(C(=O)N2[C@@H](C(=O)NCc3cc(F)c(Cl)cc3F)C[C@H]3CC[C@H]32)c1. The van der Waals surface area contributed by atoms with Crippen molar-refractivity contribution < 1.29 is 26.8 Å². The molecule has 2 aromatic carbocycles. The van der Waals surface area contributed by atoms with Gasteiger partial charge in [0.2, 0.25) is 5.91 Å². The Hall–Kier alpha value is -2.52. The van der Waals surface area contributed by atoms with Gasteiger partial charge in [0, 0.05) is 23.7 Å². The fourth-order valence-electron chi connectivity index (χ4n) is 4.49. The summed E-state index contributed by atoms with van der Waals surface area (Å²) in [5.74, 6) is -2.33. The summed E-state index contributed by atoms with van der Waals surface area (Å²) in [6.07, 6.45) is 2.11. The number of hydrogen-bond acceptors (Lipinski definition) is 4. The van der Waals surface area contributed by atoms with Gasteiger partial charge < -0.3 is 10.2 Å². The molecular formula is C23H23ClF2N2O4S. The molecule has 1 saturated heterocycles. The molecule has 0 radical (unpaired) electrons. The molecule has 176 valence electrons. The second-order valence-electron chi connectivity index (χ2n) is 8.38. The van der Waals surface area contributed by atoms with Gasteiger partial charge in [-0.05, 0) is 55.5 Å². The number of hydrogen-bond donors (Lipinski definition) is 1. The molecule has 6 nitrogen and oxygen atoms in total. The minimum Gasteiger partial charge on any atom is -0.350 e. The number of benzene rings is 2. The molecular weight excluding hydrogens is 474 g/mol. The number of carbonyl (C=O) groups is 2. The topological polar surface area (TPSA) is 83.6 Å². The summed E-state index contributed by atoms with van der Waals surface area (Å²) >= 11 is 5.57. The Morgan fingerprint density at radius 3 is 2.58 bits per heavy atom. The molecule has 1 N–H and O–H groups in total. The molecule has 3 atom stereocenters. The van der Waals surface area contributed by atoms with Gasteiger partial charge in [-0.1, -0.05) is 24.6 Å². The molecule has 0 unspecified atom stereocenters. The molecule has 2 fully saturated rings. The lowest BCUT2D eigenvalue weighted by atomic mass is 9.80. The predicted molar refractivity (Wildman–Crippen MR) is 118 cm³/mol. The lowest BCUT2D eigenvalue weighted by molar-refractivity contribution is -0.125. The fourth-order valence-corrected chi connectivity index (χ4v) is 5.56. The second-order valence-corrected chi connectivity index (χ2v) is 11.1. The summed E-state index contributed by atoms with van der Waals surface area (Å²) < 4.78 is 52.2. The van der Waals surface area contributed by atoms with Crippen LogP contribution in [0, 0.1) is 17.6 Å². The highest BCUT2D eigenvalue weighted by Gasteiger charge is 2.51. The normalized spacial score (nSPS) is 21.9. The van der Waals surface area contributed by atoms with E-state index in [-0.39, 0.29) is 45.3 Å². The first-order valence-corrected chi connectivity index (χ1v) is 12.7. The van der Waals surface area contributed by atoms with E-state index in [0.717, 1.165) is 25.0 Å². The van der Waals surface area contributed by atoms with Gasteiger partial charge in [-0.25, -0.2) is 17.2 Å². The minimum atomic E-state index is -3.49. The lowest BCUT2D eigenvalue weighted by Crippen LogP contribution is -2.50. The van der Waals surface area contributed by atoms with Crippen LogP contribution in [0.3, 0.4) is 0 Å². The number of nitrogens with one attached hydrogen (secondary N) is 1. The van der Waals surface area contributed by atoms with Crippen molar-refractivity contribution in [1.29, 1.82) is 0 Å². The van der Waals surface area contributed by atoms with Crippen LogP contribution in [0.25, 0.3) is 0 Å². The van der Waals surface area contributed by atoms with E-state index in [1.54, 1.807) is 0 Å². The average Bonchev–Trinajstić information content (AvgIpc) is 3.04. The molecule has 4 rings (SSSR count). The smallest absolute Gasteiger partial charge is 0.254 e. The van der Waals surface area contributed by atoms with E-state index in [1.165, 1.54) is 36.1 Å². The van der Waals surface area contributed by atoms with Crippen molar-refractivity contribution in [2.45, 2.75) is 49.7 Å². The average molecular weight is 497 g/mol. The van der Waals surface area contributed by atoms with Gasteiger partial charge in [0.25, 0.3) is 5.91 Å². The van der Waals surface area contributed by atoms with Gasteiger partial charge in [-0.2, -0.15) is 0 Å². The van der Waals surface area contributed by atoms with Crippen LogP contribution in [-0.2, 0) is 21.2 Å². The van der Waals surface area contributed by atoms with Crippen molar-refractivity contribution in [2.75, 3.05) is 5.75 Å². The predicted octanol–water partition coefficient (Wildman–Crippen LogP) is 3.72. The molecule has 0 spiro atoms. The van der Waals surface area contributed by atoms with Gasteiger partial charge in [0.15, 0.2) is 9.84 Å². The van der Waals surface area contributed by atoms with Gasteiger partial charge in [0.05, 0.1) is 15.7 Å². The number of likely N-dealkylation sites (tertiary alicyclic amines) is 1. The van der Waals surface area contributed by atoms with Crippen molar-refractivity contribution in [2.24, 2.45) is 5.92 Å². The first-order chi connectivity index (χ1) is 15.6. The molecule has 1 saturated carbocycles. The zero-order valence-corrected chi connectivity index (χ0v) is 19.4. The minimum absolute atomic E-state index is 0.0541. The molecule has 10 heteroatoms. The third-order valence-corrected chi connectivity index (χ3v) is 8.52. The van der Waals surface area contributed by atoms with E-state index in [0.29, 0.717) is 6.42 Å². The molecule has 1 heterocycles. The zero-order valence-electron chi connectivity index (χ0n) is 17.9. The first-order valence-electron chi connectivity index (χ1n) is 10.7.